The van der Waals surface area contributed by atoms with Gasteiger partial charge < -0.3 is 15.0 Å². The number of rotatable bonds is 7. The summed E-state index contributed by atoms with van der Waals surface area (Å²) in [6, 6.07) is 0. The van der Waals surface area contributed by atoms with Crippen molar-refractivity contribution in [2.24, 2.45) is 0 Å². The molecule has 94 valence electrons. The molecule has 1 saturated heterocycles. The van der Waals surface area contributed by atoms with Crippen molar-refractivity contribution < 1.29 is 9.53 Å². The normalized spacial score (nSPS) is 17.8. The van der Waals surface area contributed by atoms with Crippen LogP contribution in [0.15, 0.2) is 0 Å². The lowest BCUT2D eigenvalue weighted by molar-refractivity contribution is -0.141. The molecule has 0 spiro atoms. The first-order valence-electron chi connectivity index (χ1n) is 6.36. The third-order valence-electron chi connectivity index (χ3n) is 2.84. The zero-order valence-electron chi connectivity index (χ0n) is 10.5. The Morgan fingerprint density at radius 2 is 2.06 bits per heavy atom. The number of carbonyl (C=O) groups excluding carboxylic acids is 1. The van der Waals surface area contributed by atoms with Gasteiger partial charge in [0.05, 0.1) is 6.61 Å². The fourth-order valence-electron chi connectivity index (χ4n) is 1.88. The molecule has 0 saturated carbocycles. The van der Waals surface area contributed by atoms with Gasteiger partial charge in [0.25, 0.3) is 5.91 Å². The van der Waals surface area contributed by atoms with E-state index < -0.39 is 0 Å². The molecule has 0 radical (unpaired) electrons. The fourth-order valence-corrected chi connectivity index (χ4v) is 1.88. The van der Waals surface area contributed by atoms with Crippen molar-refractivity contribution in [2.45, 2.75) is 39.2 Å². The van der Waals surface area contributed by atoms with Crippen LogP contribution < -0.4 is 5.32 Å². The van der Waals surface area contributed by atoms with Gasteiger partial charge in [0, 0.05) is 19.6 Å². The SMILES string of the molecule is CCCNCCOC(C)C(=O)N1CCCC1. The van der Waals surface area contributed by atoms with Crippen molar-refractivity contribution in [1.82, 2.24) is 10.2 Å². The average molecular weight is 228 g/mol. The van der Waals surface area contributed by atoms with Crippen LogP contribution in [0.5, 0.6) is 0 Å². The largest absolute Gasteiger partial charge is 0.367 e. The standard InChI is InChI=1S/C12H24N2O2/c1-3-6-13-7-10-16-11(2)12(15)14-8-4-5-9-14/h11,13H,3-10H2,1-2H3. The van der Waals surface area contributed by atoms with E-state index in [4.69, 9.17) is 4.74 Å². The highest BCUT2D eigenvalue weighted by atomic mass is 16.5. The Bertz CT molecular complexity index is 203. The lowest BCUT2D eigenvalue weighted by atomic mass is 10.3. The minimum Gasteiger partial charge on any atom is -0.367 e. The Morgan fingerprint density at radius 3 is 2.69 bits per heavy atom. The summed E-state index contributed by atoms with van der Waals surface area (Å²) in [4.78, 5) is 13.8. The van der Waals surface area contributed by atoms with Gasteiger partial charge in [0.1, 0.15) is 6.10 Å². The molecule has 0 aromatic rings. The summed E-state index contributed by atoms with van der Waals surface area (Å²) >= 11 is 0. The van der Waals surface area contributed by atoms with Crippen LogP contribution in [-0.4, -0.2) is 49.7 Å². The highest BCUT2D eigenvalue weighted by molar-refractivity contribution is 5.80. The Morgan fingerprint density at radius 1 is 1.38 bits per heavy atom. The molecule has 0 aromatic carbocycles. The van der Waals surface area contributed by atoms with E-state index in [9.17, 15) is 4.79 Å². The van der Waals surface area contributed by atoms with E-state index in [0.717, 1.165) is 45.4 Å². The van der Waals surface area contributed by atoms with E-state index in [2.05, 4.69) is 12.2 Å². The van der Waals surface area contributed by atoms with Gasteiger partial charge in [-0.05, 0) is 32.7 Å². The van der Waals surface area contributed by atoms with Gasteiger partial charge >= 0.3 is 0 Å². The van der Waals surface area contributed by atoms with Crippen LogP contribution in [0.3, 0.4) is 0 Å². The summed E-state index contributed by atoms with van der Waals surface area (Å²) in [7, 11) is 0. The van der Waals surface area contributed by atoms with Gasteiger partial charge in [-0.1, -0.05) is 6.92 Å². The van der Waals surface area contributed by atoms with Crippen LogP contribution in [-0.2, 0) is 9.53 Å². The summed E-state index contributed by atoms with van der Waals surface area (Å²) in [6.45, 7) is 8.24. The second kappa shape index (κ2) is 7.63. The number of carbonyl (C=O) groups is 1. The summed E-state index contributed by atoms with van der Waals surface area (Å²) in [5.74, 6) is 0.146. The van der Waals surface area contributed by atoms with E-state index in [1.807, 2.05) is 11.8 Å². The Kier molecular flexibility index (Phi) is 6.42. The third-order valence-corrected chi connectivity index (χ3v) is 2.84. The first-order valence-corrected chi connectivity index (χ1v) is 6.36. The van der Waals surface area contributed by atoms with Crippen molar-refractivity contribution >= 4 is 5.91 Å². The van der Waals surface area contributed by atoms with Crippen LogP contribution >= 0.6 is 0 Å². The molecule has 1 atom stereocenters. The maximum atomic E-state index is 11.8. The predicted molar refractivity (Wildman–Crippen MR) is 64.4 cm³/mol. The molecular weight excluding hydrogens is 204 g/mol. The van der Waals surface area contributed by atoms with Crippen LogP contribution in [0.25, 0.3) is 0 Å². The molecule has 1 unspecified atom stereocenters. The maximum Gasteiger partial charge on any atom is 0.251 e. The molecule has 4 heteroatoms. The second-order valence-corrected chi connectivity index (χ2v) is 4.30. The number of amides is 1. The molecule has 4 nitrogen and oxygen atoms in total. The molecule has 1 heterocycles. The minimum atomic E-state index is -0.290. The summed E-state index contributed by atoms with van der Waals surface area (Å²) in [6.07, 6.45) is 3.11. The van der Waals surface area contributed by atoms with Crippen LogP contribution in [0, 0.1) is 0 Å². The quantitative estimate of drug-likeness (QED) is 0.661. The summed E-state index contributed by atoms with van der Waals surface area (Å²) in [5, 5.41) is 3.25. The highest BCUT2D eigenvalue weighted by Crippen LogP contribution is 2.10. The number of nitrogens with zero attached hydrogens (tertiary/aromatic N) is 1. The molecule has 0 bridgehead atoms. The molecule has 0 aliphatic carbocycles. The summed E-state index contributed by atoms with van der Waals surface area (Å²) < 4.78 is 5.51. The van der Waals surface area contributed by atoms with E-state index in [1.165, 1.54) is 0 Å². The van der Waals surface area contributed by atoms with Crippen LogP contribution in [0.1, 0.15) is 33.1 Å². The van der Waals surface area contributed by atoms with Gasteiger partial charge in [0.15, 0.2) is 0 Å². The molecular formula is C12H24N2O2. The Labute approximate surface area is 98.3 Å². The summed E-state index contributed by atoms with van der Waals surface area (Å²) in [5.41, 5.74) is 0. The highest BCUT2D eigenvalue weighted by Gasteiger charge is 2.23. The van der Waals surface area contributed by atoms with Crippen molar-refractivity contribution in [3.05, 3.63) is 0 Å². The molecule has 16 heavy (non-hydrogen) atoms. The molecule has 1 fully saturated rings. The van der Waals surface area contributed by atoms with E-state index >= 15 is 0 Å². The van der Waals surface area contributed by atoms with Gasteiger partial charge in [-0.3, -0.25) is 4.79 Å². The number of hydrogen-bond acceptors (Lipinski definition) is 3. The van der Waals surface area contributed by atoms with Crippen molar-refractivity contribution in [1.29, 1.82) is 0 Å². The second-order valence-electron chi connectivity index (χ2n) is 4.30. The van der Waals surface area contributed by atoms with E-state index in [1.54, 1.807) is 0 Å². The zero-order valence-corrected chi connectivity index (χ0v) is 10.5. The van der Waals surface area contributed by atoms with E-state index in [0.29, 0.717) is 6.61 Å². The number of nitrogens with one attached hydrogen (secondary N) is 1. The molecule has 0 aromatic heterocycles. The molecule has 1 amide bonds. The predicted octanol–water partition coefficient (Wildman–Crippen LogP) is 1.01. The van der Waals surface area contributed by atoms with Crippen molar-refractivity contribution in [2.75, 3.05) is 32.8 Å². The topological polar surface area (TPSA) is 41.6 Å². The number of likely N-dealkylation sites (tertiary alicyclic amines) is 1. The molecule has 1 aliphatic heterocycles. The number of ether oxygens (including phenoxy) is 1. The lowest BCUT2D eigenvalue weighted by Gasteiger charge is -2.20. The zero-order chi connectivity index (χ0) is 11.8. The van der Waals surface area contributed by atoms with Crippen molar-refractivity contribution in [3.8, 4) is 0 Å². The number of hydrogen-bond donors (Lipinski definition) is 1. The Hall–Kier alpha value is -0.610. The Balaban J connectivity index is 2.08. The minimum absolute atomic E-state index is 0.146. The van der Waals surface area contributed by atoms with Crippen LogP contribution in [0.4, 0.5) is 0 Å². The lowest BCUT2D eigenvalue weighted by Crippen LogP contribution is -2.38. The average Bonchev–Trinajstić information content (AvgIpc) is 2.81. The monoisotopic (exact) mass is 228 g/mol. The maximum absolute atomic E-state index is 11.8. The van der Waals surface area contributed by atoms with Gasteiger partial charge in [-0.25, -0.2) is 0 Å². The first-order chi connectivity index (χ1) is 7.75. The molecule has 1 N–H and O–H groups in total. The smallest absolute Gasteiger partial charge is 0.251 e. The van der Waals surface area contributed by atoms with Crippen molar-refractivity contribution in [3.63, 3.8) is 0 Å². The molecule has 1 rings (SSSR count). The van der Waals surface area contributed by atoms with Gasteiger partial charge in [0.2, 0.25) is 0 Å². The van der Waals surface area contributed by atoms with Gasteiger partial charge in [-0.15, -0.1) is 0 Å². The van der Waals surface area contributed by atoms with E-state index in [-0.39, 0.29) is 12.0 Å². The van der Waals surface area contributed by atoms with Gasteiger partial charge in [-0.2, -0.15) is 0 Å². The fraction of sp³-hybridized carbons (Fsp3) is 0.917. The third kappa shape index (κ3) is 4.49. The van der Waals surface area contributed by atoms with Crippen LogP contribution in [0.2, 0.25) is 0 Å². The molecule has 1 aliphatic rings. The first kappa shape index (κ1) is 13.5.